The fourth-order valence-corrected chi connectivity index (χ4v) is 3.18. The van der Waals surface area contributed by atoms with Crippen LogP contribution in [0.3, 0.4) is 0 Å². The van der Waals surface area contributed by atoms with E-state index in [4.69, 9.17) is 4.74 Å². The highest BCUT2D eigenvalue weighted by molar-refractivity contribution is 5.85. The Kier molecular flexibility index (Phi) is 8.17. The lowest BCUT2D eigenvalue weighted by Gasteiger charge is -2.24. The molecule has 3 aromatic rings. The SMILES string of the molecule is CN(CCc1ccccc1)C(=O)C(Cc1ccccc1)NC(=O)OCc1ccncc1. The summed E-state index contributed by atoms with van der Waals surface area (Å²) in [6.45, 7) is 0.673. The van der Waals surface area contributed by atoms with Gasteiger partial charge in [0, 0.05) is 32.4 Å². The summed E-state index contributed by atoms with van der Waals surface area (Å²) in [6.07, 6.45) is 3.79. The Morgan fingerprint density at radius 2 is 1.52 bits per heavy atom. The molecule has 31 heavy (non-hydrogen) atoms. The number of likely N-dealkylation sites (N-methyl/N-ethyl adjacent to an activating group) is 1. The van der Waals surface area contributed by atoms with E-state index in [9.17, 15) is 9.59 Å². The topological polar surface area (TPSA) is 71.5 Å². The van der Waals surface area contributed by atoms with Gasteiger partial charge >= 0.3 is 6.09 Å². The number of amides is 2. The Morgan fingerprint density at radius 3 is 2.16 bits per heavy atom. The van der Waals surface area contributed by atoms with Gasteiger partial charge in [-0.15, -0.1) is 0 Å². The van der Waals surface area contributed by atoms with Crippen molar-refractivity contribution >= 4 is 12.0 Å². The second kappa shape index (κ2) is 11.5. The molecule has 0 bridgehead atoms. The first-order valence-electron chi connectivity index (χ1n) is 10.3. The van der Waals surface area contributed by atoms with E-state index in [1.54, 1.807) is 36.5 Å². The zero-order valence-electron chi connectivity index (χ0n) is 17.6. The first-order chi connectivity index (χ1) is 15.1. The van der Waals surface area contributed by atoms with Crippen molar-refractivity contribution in [2.75, 3.05) is 13.6 Å². The monoisotopic (exact) mass is 417 g/mol. The number of rotatable bonds is 9. The van der Waals surface area contributed by atoms with E-state index in [1.807, 2.05) is 60.7 Å². The lowest BCUT2D eigenvalue weighted by Crippen LogP contribution is -2.49. The van der Waals surface area contributed by atoms with Gasteiger partial charge in [0.25, 0.3) is 0 Å². The molecule has 0 spiro atoms. The summed E-state index contributed by atoms with van der Waals surface area (Å²) in [5, 5.41) is 2.75. The number of nitrogens with zero attached hydrogens (tertiary/aromatic N) is 2. The standard InChI is InChI=1S/C25H27N3O3/c1-28(17-14-20-8-4-2-5-9-20)24(29)23(18-21-10-6-3-7-11-21)27-25(30)31-19-22-12-15-26-16-13-22/h2-13,15-16,23H,14,17-19H2,1H3,(H,27,30). The van der Waals surface area contributed by atoms with Crippen LogP contribution in [0.15, 0.2) is 85.2 Å². The molecular weight excluding hydrogens is 390 g/mol. The number of alkyl carbamates (subject to hydrolysis) is 1. The Bertz CT molecular complexity index is 950. The molecule has 160 valence electrons. The fraction of sp³-hybridized carbons (Fsp3) is 0.240. The van der Waals surface area contributed by atoms with Crippen molar-refractivity contribution in [2.45, 2.75) is 25.5 Å². The van der Waals surface area contributed by atoms with Gasteiger partial charge in [-0.25, -0.2) is 4.79 Å². The molecule has 0 fully saturated rings. The highest BCUT2D eigenvalue weighted by Crippen LogP contribution is 2.08. The zero-order chi connectivity index (χ0) is 21.9. The Labute approximate surface area is 182 Å². The van der Waals surface area contributed by atoms with Crippen molar-refractivity contribution in [2.24, 2.45) is 0 Å². The number of hydrogen-bond acceptors (Lipinski definition) is 4. The summed E-state index contributed by atoms with van der Waals surface area (Å²) in [4.78, 5) is 31.1. The predicted octanol–water partition coefficient (Wildman–Crippen LogP) is 3.62. The number of pyridine rings is 1. The van der Waals surface area contributed by atoms with E-state index in [2.05, 4.69) is 10.3 Å². The van der Waals surface area contributed by atoms with Crippen molar-refractivity contribution in [1.29, 1.82) is 0 Å². The summed E-state index contributed by atoms with van der Waals surface area (Å²) in [5.41, 5.74) is 2.95. The first kappa shape index (κ1) is 22.0. The molecule has 1 heterocycles. The normalized spacial score (nSPS) is 11.4. The van der Waals surface area contributed by atoms with E-state index in [0.29, 0.717) is 13.0 Å². The van der Waals surface area contributed by atoms with Gasteiger partial charge in [0.05, 0.1) is 0 Å². The van der Waals surface area contributed by atoms with Crippen LogP contribution < -0.4 is 5.32 Å². The highest BCUT2D eigenvalue weighted by Gasteiger charge is 2.25. The second-order valence-corrected chi connectivity index (χ2v) is 7.31. The molecule has 0 aliphatic rings. The number of carbonyl (C=O) groups excluding carboxylic acids is 2. The molecule has 2 amide bonds. The number of aromatic nitrogens is 1. The van der Waals surface area contributed by atoms with E-state index < -0.39 is 12.1 Å². The van der Waals surface area contributed by atoms with Crippen molar-refractivity contribution in [3.63, 3.8) is 0 Å². The van der Waals surface area contributed by atoms with Crippen LogP contribution in [-0.4, -0.2) is 41.5 Å². The van der Waals surface area contributed by atoms with Crippen LogP contribution in [0.5, 0.6) is 0 Å². The van der Waals surface area contributed by atoms with Gasteiger partial charge in [0.15, 0.2) is 0 Å². The molecule has 1 atom stereocenters. The minimum Gasteiger partial charge on any atom is -0.445 e. The number of ether oxygens (including phenoxy) is 1. The third kappa shape index (κ3) is 7.26. The summed E-state index contributed by atoms with van der Waals surface area (Å²) >= 11 is 0. The van der Waals surface area contributed by atoms with Crippen molar-refractivity contribution in [3.05, 3.63) is 102 Å². The molecule has 1 aromatic heterocycles. The molecule has 0 aliphatic carbocycles. The van der Waals surface area contributed by atoms with Gasteiger partial charge in [-0.3, -0.25) is 9.78 Å². The third-order valence-corrected chi connectivity index (χ3v) is 4.95. The summed E-state index contributed by atoms with van der Waals surface area (Å²) < 4.78 is 5.31. The van der Waals surface area contributed by atoms with Crippen LogP contribution in [0, 0.1) is 0 Å². The number of carbonyl (C=O) groups is 2. The average molecular weight is 418 g/mol. The molecule has 0 saturated heterocycles. The summed E-state index contributed by atoms with van der Waals surface area (Å²) in [7, 11) is 1.76. The molecule has 2 aromatic carbocycles. The zero-order valence-corrected chi connectivity index (χ0v) is 17.6. The predicted molar refractivity (Wildman–Crippen MR) is 119 cm³/mol. The second-order valence-electron chi connectivity index (χ2n) is 7.31. The van der Waals surface area contributed by atoms with E-state index in [0.717, 1.165) is 23.1 Å². The average Bonchev–Trinajstić information content (AvgIpc) is 2.82. The Morgan fingerprint density at radius 1 is 0.903 bits per heavy atom. The maximum absolute atomic E-state index is 13.1. The number of hydrogen-bond donors (Lipinski definition) is 1. The van der Waals surface area contributed by atoms with Gasteiger partial charge in [0.2, 0.25) is 5.91 Å². The van der Waals surface area contributed by atoms with E-state index >= 15 is 0 Å². The van der Waals surface area contributed by atoms with E-state index in [-0.39, 0.29) is 12.5 Å². The molecule has 1 unspecified atom stereocenters. The van der Waals surface area contributed by atoms with Gasteiger partial charge in [-0.1, -0.05) is 60.7 Å². The molecule has 0 aliphatic heterocycles. The van der Waals surface area contributed by atoms with Gasteiger partial charge in [-0.05, 0) is 35.2 Å². The largest absolute Gasteiger partial charge is 0.445 e. The van der Waals surface area contributed by atoms with E-state index in [1.165, 1.54) is 0 Å². The van der Waals surface area contributed by atoms with Crippen LogP contribution in [-0.2, 0) is 29.0 Å². The molecule has 6 heteroatoms. The lowest BCUT2D eigenvalue weighted by atomic mass is 10.0. The number of nitrogens with one attached hydrogen (secondary N) is 1. The maximum atomic E-state index is 13.1. The molecular formula is C25H27N3O3. The van der Waals surface area contributed by atoms with Gasteiger partial charge in [0.1, 0.15) is 12.6 Å². The first-order valence-corrected chi connectivity index (χ1v) is 10.3. The van der Waals surface area contributed by atoms with Gasteiger partial charge in [-0.2, -0.15) is 0 Å². The minimum absolute atomic E-state index is 0.116. The van der Waals surface area contributed by atoms with Crippen LogP contribution >= 0.6 is 0 Å². The molecule has 0 saturated carbocycles. The van der Waals surface area contributed by atoms with Gasteiger partial charge < -0.3 is 15.0 Å². The third-order valence-electron chi connectivity index (χ3n) is 4.95. The summed E-state index contributed by atoms with van der Waals surface area (Å²) in [6, 6.07) is 22.5. The van der Waals surface area contributed by atoms with Crippen LogP contribution in [0.2, 0.25) is 0 Å². The van der Waals surface area contributed by atoms with Crippen molar-refractivity contribution in [1.82, 2.24) is 15.2 Å². The van der Waals surface area contributed by atoms with Crippen LogP contribution in [0.1, 0.15) is 16.7 Å². The lowest BCUT2D eigenvalue weighted by molar-refractivity contribution is -0.132. The Hall–Kier alpha value is -3.67. The van der Waals surface area contributed by atoms with Crippen LogP contribution in [0.25, 0.3) is 0 Å². The maximum Gasteiger partial charge on any atom is 0.408 e. The molecule has 0 radical (unpaired) electrons. The smallest absolute Gasteiger partial charge is 0.408 e. The minimum atomic E-state index is -0.715. The molecule has 1 N–H and O–H groups in total. The van der Waals surface area contributed by atoms with Crippen molar-refractivity contribution < 1.29 is 14.3 Å². The molecule has 6 nitrogen and oxygen atoms in total. The molecule has 3 rings (SSSR count). The van der Waals surface area contributed by atoms with Crippen molar-refractivity contribution in [3.8, 4) is 0 Å². The summed E-state index contributed by atoms with van der Waals surface area (Å²) in [5.74, 6) is -0.152. The van der Waals surface area contributed by atoms with Crippen LogP contribution in [0.4, 0.5) is 4.79 Å². The fourth-order valence-electron chi connectivity index (χ4n) is 3.18. The quantitative estimate of drug-likeness (QED) is 0.577. The number of benzene rings is 2. The highest BCUT2D eigenvalue weighted by atomic mass is 16.5. The Balaban J connectivity index is 1.61.